The third-order valence-corrected chi connectivity index (χ3v) is 5.78. The number of methoxy groups -OCH3 is 2. The van der Waals surface area contributed by atoms with Gasteiger partial charge in [-0.2, -0.15) is 0 Å². The molecule has 0 aliphatic carbocycles. The highest BCUT2D eigenvalue weighted by atomic mass is 32.1. The van der Waals surface area contributed by atoms with Crippen molar-refractivity contribution in [3.63, 3.8) is 0 Å². The Labute approximate surface area is 156 Å². The van der Waals surface area contributed by atoms with Crippen LogP contribution in [0.1, 0.15) is 22.8 Å². The van der Waals surface area contributed by atoms with Crippen molar-refractivity contribution >= 4 is 22.9 Å². The van der Waals surface area contributed by atoms with E-state index in [1.807, 2.05) is 36.4 Å². The minimum Gasteiger partial charge on any atom is -0.497 e. The van der Waals surface area contributed by atoms with Gasteiger partial charge in [0.15, 0.2) is 0 Å². The fourth-order valence-electron chi connectivity index (χ4n) is 3.42. The first kappa shape index (κ1) is 16.7. The Bertz CT molecular complexity index is 949. The predicted octanol–water partition coefficient (Wildman–Crippen LogP) is 4.91. The van der Waals surface area contributed by atoms with Gasteiger partial charge in [-0.25, -0.2) is 0 Å². The van der Waals surface area contributed by atoms with Crippen molar-refractivity contribution in [1.82, 2.24) is 0 Å². The van der Waals surface area contributed by atoms with E-state index in [-0.39, 0.29) is 11.8 Å². The first-order chi connectivity index (χ1) is 12.7. The van der Waals surface area contributed by atoms with E-state index in [2.05, 4.69) is 22.8 Å². The van der Waals surface area contributed by atoms with E-state index in [0.29, 0.717) is 6.42 Å². The van der Waals surface area contributed by atoms with E-state index in [9.17, 15) is 4.79 Å². The van der Waals surface area contributed by atoms with E-state index < -0.39 is 0 Å². The molecule has 0 saturated heterocycles. The summed E-state index contributed by atoms with van der Waals surface area (Å²) in [6, 6.07) is 15.9. The Hall–Kier alpha value is -2.79. The van der Waals surface area contributed by atoms with Crippen molar-refractivity contribution in [2.24, 2.45) is 0 Å². The molecule has 4 rings (SSSR count). The number of carbonyl (C=O) groups is 1. The van der Waals surface area contributed by atoms with Gasteiger partial charge >= 0.3 is 0 Å². The fraction of sp³-hybridized carbons (Fsp3) is 0.190. The van der Waals surface area contributed by atoms with Crippen LogP contribution >= 0.6 is 11.3 Å². The maximum Gasteiger partial charge on any atom is 0.225 e. The van der Waals surface area contributed by atoms with Crippen LogP contribution in [-0.2, 0) is 4.79 Å². The summed E-state index contributed by atoms with van der Waals surface area (Å²) in [4.78, 5) is 13.6. The molecule has 1 atom stereocenters. The molecule has 0 unspecified atom stereocenters. The topological polar surface area (TPSA) is 47.6 Å². The van der Waals surface area contributed by atoms with Crippen LogP contribution in [0.15, 0.2) is 53.9 Å². The molecule has 0 radical (unpaired) electrons. The average molecular weight is 365 g/mol. The number of nitrogens with one attached hydrogen (secondary N) is 1. The van der Waals surface area contributed by atoms with Crippen molar-refractivity contribution < 1.29 is 14.3 Å². The maximum atomic E-state index is 12.5. The smallest absolute Gasteiger partial charge is 0.225 e. The lowest BCUT2D eigenvalue weighted by atomic mass is 9.88. The van der Waals surface area contributed by atoms with Crippen LogP contribution in [-0.4, -0.2) is 20.1 Å². The number of fused-ring (bicyclic) bond motifs is 1. The van der Waals surface area contributed by atoms with Crippen LogP contribution in [0.4, 0.5) is 5.69 Å². The summed E-state index contributed by atoms with van der Waals surface area (Å²) in [5.41, 5.74) is 4.05. The maximum absolute atomic E-state index is 12.5. The zero-order chi connectivity index (χ0) is 18.1. The summed E-state index contributed by atoms with van der Waals surface area (Å²) in [6.45, 7) is 0. The summed E-state index contributed by atoms with van der Waals surface area (Å²) in [7, 11) is 3.29. The Morgan fingerprint density at radius 1 is 1.08 bits per heavy atom. The van der Waals surface area contributed by atoms with Crippen molar-refractivity contribution in [2.45, 2.75) is 12.3 Å². The molecule has 0 spiro atoms. The third-order valence-electron chi connectivity index (χ3n) is 4.69. The number of rotatable bonds is 4. The summed E-state index contributed by atoms with van der Waals surface area (Å²) < 4.78 is 10.9. The summed E-state index contributed by atoms with van der Waals surface area (Å²) in [5.74, 6) is 1.49. The zero-order valence-corrected chi connectivity index (χ0v) is 15.4. The van der Waals surface area contributed by atoms with Gasteiger partial charge in [0.1, 0.15) is 11.5 Å². The second-order valence-electron chi connectivity index (χ2n) is 6.17. The van der Waals surface area contributed by atoms with Gasteiger partial charge in [-0.3, -0.25) is 4.79 Å². The Balaban J connectivity index is 1.85. The molecule has 0 fully saturated rings. The number of carbonyl (C=O) groups excluding carboxylic acids is 1. The van der Waals surface area contributed by atoms with Gasteiger partial charge in [0.25, 0.3) is 0 Å². The minimum absolute atomic E-state index is 0.0166. The number of amides is 1. The highest BCUT2D eigenvalue weighted by molar-refractivity contribution is 7.11. The minimum atomic E-state index is -0.0498. The van der Waals surface area contributed by atoms with Crippen LogP contribution in [0, 0.1) is 0 Å². The van der Waals surface area contributed by atoms with Gasteiger partial charge < -0.3 is 14.8 Å². The molecule has 132 valence electrons. The number of ether oxygens (including phenoxy) is 2. The quantitative estimate of drug-likeness (QED) is 0.715. The number of thiophene rings is 1. The van der Waals surface area contributed by atoms with Crippen molar-refractivity contribution in [3.05, 3.63) is 64.4 Å². The van der Waals surface area contributed by atoms with E-state index in [1.165, 1.54) is 0 Å². The molecule has 0 saturated carbocycles. The van der Waals surface area contributed by atoms with Crippen LogP contribution in [0.2, 0.25) is 0 Å². The molecule has 1 aliphatic rings. The molecular formula is C21H19NO3S. The van der Waals surface area contributed by atoms with E-state index >= 15 is 0 Å². The molecule has 3 aromatic rings. The normalized spacial score (nSPS) is 15.9. The molecule has 1 aromatic heterocycles. The van der Waals surface area contributed by atoms with Gasteiger partial charge in [-0.05, 0) is 23.8 Å². The highest BCUT2D eigenvalue weighted by Gasteiger charge is 2.32. The fourth-order valence-corrected chi connectivity index (χ4v) is 4.57. The van der Waals surface area contributed by atoms with Crippen LogP contribution in [0.25, 0.3) is 11.1 Å². The average Bonchev–Trinajstić information content (AvgIpc) is 3.11. The van der Waals surface area contributed by atoms with Crippen LogP contribution in [0.3, 0.4) is 0 Å². The largest absolute Gasteiger partial charge is 0.497 e. The number of hydrogen-bond donors (Lipinski definition) is 1. The summed E-state index contributed by atoms with van der Waals surface area (Å²) >= 11 is 1.67. The highest BCUT2D eigenvalue weighted by Crippen LogP contribution is 2.48. The molecule has 1 amide bonds. The van der Waals surface area contributed by atoms with Crippen LogP contribution in [0.5, 0.6) is 11.5 Å². The standard InChI is InChI=1S/C21H19NO3S/c1-24-14-8-9-18(25-2)15(10-14)16-11-19(23)22-20-17(12-26-21(16)20)13-6-4-3-5-7-13/h3-10,12,16H,11H2,1-2H3,(H,22,23)/t16-/m0/s1. The first-order valence-electron chi connectivity index (χ1n) is 8.40. The van der Waals surface area contributed by atoms with Crippen molar-refractivity contribution in [1.29, 1.82) is 0 Å². The van der Waals surface area contributed by atoms with Gasteiger partial charge in [0, 0.05) is 33.7 Å². The molecule has 4 nitrogen and oxygen atoms in total. The van der Waals surface area contributed by atoms with Crippen LogP contribution < -0.4 is 14.8 Å². The Kier molecular flexibility index (Phi) is 4.39. The molecule has 0 bridgehead atoms. The monoisotopic (exact) mass is 365 g/mol. The lowest BCUT2D eigenvalue weighted by molar-refractivity contribution is -0.116. The number of benzene rings is 2. The second-order valence-corrected chi connectivity index (χ2v) is 7.08. The Morgan fingerprint density at radius 2 is 1.88 bits per heavy atom. The van der Waals surface area contributed by atoms with Gasteiger partial charge in [0.2, 0.25) is 5.91 Å². The van der Waals surface area contributed by atoms with Gasteiger partial charge in [0.05, 0.1) is 19.9 Å². The first-order valence-corrected chi connectivity index (χ1v) is 9.27. The molecule has 2 heterocycles. The Morgan fingerprint density at radius 3 is 2.62 bits per heavy atom. The molecule has 1 N–H and O–H groups in total. The molecule has 1 aliphatic heterocycles. The van der Waals surface area contributed by atoms with Gasteiger partial charge in [-0.15, -0.1) is 11.3 Å². The number of hydrogen-bond acceptors (Lipinski definition) is 4. The molecule has 2 aromatic carbocycles. The van der Waals surface area contributed by atoms with E-state index in [0.717, 1.165) is 38.8 Å². The summed E-state index contributed by atoms with van der Waals surface area (Å²) in [5, 5.41) is 5.19. The van der Waals surface area contributed by atoms with Gasteiger partial charge in [-0.1, -0.05) is 30.3 Å². The van der Waals surface area contributed by atoms with E-state index in [1.54, 1.807) is 25.6 Å². The third kappa shape index (κ3) is 2.84. The zero-order valence-electron chi connectivity index (χ0n) is 14.6. The second kappa shape index (κ2) is 6.84. The van der Waals surface area contributed by atoms with E-state index in [4.69, 9.17) is 9.47 Å². The van der Waals surface area contributed by atoms with Crippen molar-refractivity contribution in [2.75, 3.05) is 19.5 Å². The molecular weight excluding hydrogens is 346 g/mol. The molecule has 5 heteroatoms. The van der Waals surface area contributed by atoms with Crippen molar-refractivity contribution in [3.8, 4) is 22.6 Å². The summed E-state index contributed by atoms with van der Waals surface area (Å²) in [6.07, 6.45) is 0.394. The lowest BCUT2D eigenvalue weighted by Crippen LogP contribution is -2.22. The SMILES string of the molecule is COc1ccc(OC)c([C@@H]2CC(=O)Nc3c(-c4ccccc4)csc32)c1. The number of anilines is 1. The molecule has 26 heavy (non-hydrogen) atoms. The predicted molar refractivity (Wildman–Crippen MR) is 104 cm³/mol. The lowest BCUT2D eigenvalue weighted by Gasteiger charge is -2.25.